The first-order valence-electron chi connectivity index (χ1n) is 10.8. The molecule has 1 amide bonds. The van der Waals surface area contributed by atoms with Crippen LogP contribution in [0, 0.1) is 0 Å². The highest BCUT2D eigenvalue weighted by molar-refractivity contribution is 7.99. The third-order valence-electron chi connectivity index (χ3n) is 6.13. The summed E-state index contributed by atoms with van der Waals surface area (Å²) < 4.78 is 82.2. The number of thioether (sulfide) groups is 1. The molecule has 1 heterocycles. The van der Waals surface area contributed by atoms with E-state index in [0.29, 0.717) is 17.5 Å². The second-order valence-corrected chi connectivity index (χ2v) is 9.62. The lowest BCUT2D eigenvalue weighted by molar-refractivity contribution is -0.184. The molecule has 0 spiro atoms. The number of halogens is 6. The van der Waals surface area contributed by atoms with Gasteiger partial charge in [0.1, 0.15) is 5.41 Å². The van der Waals surface area contributed by atoms with Crippen molar-refractivity contribution in [3.05, 3.63) is 65.2 Å². The van der Waals surface area contributed by atoms with E-state index in [0.717, 1.165) is 29.5 Å². The van der Waals surface area contributed by atoms with E-state index in [1.165, 1.54) is 11.8 Å². The molecule has 0 aromatic heterocycles. The van der Waals surface area contributed by atoms with E-state index >= 15 is 0 Å². The molecule has 3 rings (SSSR count). The Morgan fingerprint density at radius 1 is 1.12 bits per heavy atom. The minimum absolute atomic E-state index is 0.0512. The lowest BCUT2D eigenvalue weighted by Crippen LogP contribution is -2.45. The van der Waals surface area contributed by atoms with Gasteiger partial charge in [-0.25, -0.2) is 0 Å². The molecule has 0 bridgehead atoms. The summed E-state index contributed by atoms with van der Waals surface area (Å²) in [6.45, 7) is 3.36. The first-order chi connectivity index (χ1) is 15.9. The number of carbonyl (C=O) groups excluding carboxylic acids is 1. The Hall–Kier alpha value is -2.36. The van der Waals surface area contributed by atoms with Crippen LogP contribution in [-0.2, 0) is 16.4 Å². The number of nitrogens with one attached hydrogen (secondary N) is 1. The Bertz CT molecular complexity index is 992. The van der Waals surface area contributed by atoms with E-state index in [-0.39, 0.29) is 30.5 Å². The lowest BCUT2D eigenvalue weighted by atomic mass is 9.78. The summed E-state index contributed by atoms with van der Waals surface area (Å²) in [5.41, 5.74) is -2.52. The van der Waals surface area contributed by atoms with Crippen molar-refractivity contribution in [2.45, 2.75) is 44.1 Å². The van der Waals surface area contributed by atoms with Gasteiger partial charge in [-0.15, -0.1) is 0 Å². The normalized spacial score (nSPS) is 19.8. The Kier molecular flexibility index (Phi) is 7.79. The van der Waals surface area contributed by atoms with Crippen molar-refractivity contribution in [3.8, 4) is 0 Å². The standard InChI is InChI=1S/C24H26F6N2OS/c1-3-34-14-21(33)31-16(2)17-7-9-20(10-8-17)32-12-11-22(15-32,24(28,29)30)18-5-4-6-19(13-18)23(25,26)27/h4-10,13,16H,3,11-12,14-15H2,1-2H3,(H,31,33). The molecule has 1 aliphatic rings. The highest BCUT2D eigenvalue weighted by atomic mass is 32.2. The van der Waals surface area contributed by atoms with Gasteiger partial charge in [0.05, 0.1) is 17.4 Å². The third kappa shape index (κ3) is 5.64. The maximum Gasteiger partial charge on any atom is 0.416 e. The second-order valence-electron chi connectivity index (χ2n) is 8.35. The number of hydrogen-bond donors (Lipinski definition) is 1. The molecular formula is C24H26F6N2OS. The SMILES string of the molecule is CCSCC(=O)NC(C)c1ccc(N2CCC(c3cccc(C(F)(F)F)c3)(C(F)(F)F)C2)cc1. The average Bonchev–Trinajstić information content (AvgIpc) is 3.24. The maximum absolute atomic E-state index is 14.2. The van der Waals surface area contributed by atoms with Crippen molar-refractivity contribution in [3.63, 3.8) is 0 Å². The molecule has 2 atom stereocenters. The summed E-state index contributed by atoms with van der Waals surface area (Å²) in [4.78, 5) is 13.5. The molecule has 186 valence electrons. The maximum atomic E-state index is 14.2. The van der Waals surface area contributed by atoms with Gasteiger partial charge in [-0.2, -0.15) is 38.1 Å². The van der Waals surface area contributed by atoms with E-state index in [4.69, 9.17) is 0 Å². The second kappa shape index (κ2) is 10.1. The topological polar surface area (TPSA) is 32.3 Å². The third-order valence-corrected chi connectivity index (χ3v) is 7.00. The van der Waals surface area contributed by atoms with Gasteiger partial charge in [-0.05, 0) is 48.4 Å². The summed E-state index contributed by atoms with van der Waals surface area (Å²) in [6, 6.07) is 10.1. The van der Waals surface area contributed by atoms with Gasteiger partial charge in [-0.1, -0.05) is 37.3 Å². The molecule has 10 heteroatoms. The molecule has 3 nitrogen and oxygen atoms in total. The van der Waals surface area contributed by atoms with Gasteiger partial charge >= 0.3 is 12.4 Å². The Morgan fingerprint density at radius 3 is 2.38 bits per heavy atom. The smallest absolute Gasteiger partial charge is 0.370 e. The molecule has 0 saturated carbocycles. The van der Waals surface area contributed by atoms with Crippen molar-refractivity contribution in [2.24, 2.45) is 0 Å². The molecule has 1 fully saturated rings. The van der Waals surface area contributed by atoms with Gasteiger partial charge in [0.25, 0.3) is 0 Å². The van der Waals surface area contributed by atoms with E-state index in [9.17, 15) is 31.1 Å². The summed E-state index contributed by atoms with van der Waals surface area (Å²) in [7, 11) is 0. The van der Waals surface area contributed by atoms with E-state index in [2.05, 4.69) is 5.32 Å². The fourth-order valence-corrected chi connectivity index (χ4v) is 4.66. The molecule has 2 aromatic carbocycles. The fourth-order valence-electron chi connectivity index (χ4n) is 4.19. The van der Waals surface area contributed by atoms with Gasteiger partial charge in [-0.3, -0.25) is 4.79 Å². The first kappa shape index (κ1) is 26.2. The number of nitrogens with zero attached hydrogens (tertiary/aromatic N) is 1. The minimum atomic E-state index is -4.72. The molecule has 2 unspecified atom stereocenters. The van der Waals surface area contributed by atoms with E-state index in [1.54, 1.807) is 29.2 Å². The monoisotopic (exact) mass is 504 g/mol. The number of anilines is 1. The summed E-state index contributed by atoms with van der Waals surface area (Å²) >= 11 is 1.50. The molecular weight excluding hydrogens is 478 g/mol. The van der Waals surface area contributed by atoms with Crippen molar-refractivity contribution in [1.29, 1.82) is 0 Å². The van der Waals surface area contributed by atoms with Crippen LogP contribution >= 0.6 is 11.8 Å². The first-order valence-corrected chi connectivity index (χ1v) is 12.0. The van der Waals surface area contributed by atoms with Gasteiger partial charge in [0.15, 0.2) is 0 Å². The van der Waals surface area contributed by atoms with Gasteiger partial charge in [0, 0.05) is 18.8 Å². The Balaban J connectivity index is 1.80. The zero-order chi connectivity index (χ0) is 25.1. The number of alkyl halides is 6. The quantitative estimate of drug-likeness (QED) is 0.447. The largest absolute Gasteiger partial charge is 0.416 e. The molecule has 0 aliphatic carbocycles. The number of benzene rings is 2. The fraction of sp³-hybridized carbons (Fsp3) is 0.458. The molecule has 2 aromatic rings. The zero-order valence-corrected chi connectivity index (χ0v) is 19.6. The summed E-state index contributed by atoms with van der Waals surface area (Å²) in [5.74, 6) is 1.08. The number of amides is 1. The highest BCUT2D eigenvalue weighted by Crippen LogP contribution is 2.49. The average molecular weight is 505 g/mol. The van der Waals surface area contributed by atoms with Crippen molar-refractivity contribution >= 4 is 23.4 Å². The minimum Gasteiger partial charge on any atom is -0.370 e. The van der Waals surface area contributed by atoms with Crippen LogP contribution in [0.1, 0.15) is 43.0 Å². The van der Waals surface area contributed by atoms with Crippen LogP contribution in [0.25, 0.3) is 0 Å². The summed E-state index contributed by atoms with van der Waals surface area (Å²) in [6.07, 6.45) is -9.79. The molecule has 1 N–H and O–H groups in total. The Labute approximate surface area is 198 Å². The van der Waals surface area contributed by atoms with Crippen LogP contribution in [0.5, 0.6) is 0 Å². The van der Waals surface area contributed by atoms with E-state index < -0.39 is 29.9 Å². The van der Waals surface area contributed by atoms with Gasteiger partial charge in [0.2, 0.25) is 5.91 Å². The molecule has 1 saturated heterocycles. The molecule has 0 radical (unpaired) electrons. The zero-order valence-electron chi connectivity index (χ0n) is 18.8. The van der Waals surface area contributed by atoms with Gasteiger partial charge < -0.3 is 10.2 Å². The van der Waals surface area contributed by atoms with Crippen LogP contribution in [-0.4, -0.2) is 36.7 Å². The number of rotatable bonds is 7. The molecule has 34 heavy (non-hydrogen) atoms. The summed E-state index contributed by atoms with van der Waals surface area (Å²) in [5, 5.41) is 2.88. The lowest BCUT2D eigenvalue weighted by Gasteiger charge is -2.33. The Morgan fingerprint density at radius 2 is 1.79 bits per heavy atom. The van der Waals surface area contributed by atoms with Crippen molar-refractivity contribution in [1.82, 2.24) is 5.32 Å². The molecule has 1 aliphatic heterocycles. The number of hydrogen-bond acceptors (Lipinski definition) is 3. The predicted molar refractivity (Wildman–Crippen MR) is 122 cm³/mol. The highest BCUT2D eigenvalue weighted by Gasteiger charge is 2.59. The van der Waals surface area contributed by atoms with Crippen molar-refractivity contribution in [2.75, 3.05) is 29.5 Å². The van der Waals surface area contributed by atoms with Crippen LogP contribution in [0.3, 0.4) is 0 Å². The van der Waals surface area contributed by atoms with Crippen molar-refractivity contribution < 1.29 is 31.1 Å². The number of carbonyl (C=O) groups is 1. The van der Waals surface area contributed by atoms with E-state index in [1.807, 2.05) is 13.8 Å². The van der Waals surface area contributed by atoms with Crippen LogP contribution in [0.4, 0.5) is 32.0 Å². The van der Waals surface area contributed by atoms with Crippen LogP contribution in [0.2, 0.25) is 0 Å². The van der Waals surface area contributed by atoms with Crippen LogP contribution in [0.15, 0.2) is 48.5 Å². The van der Waals surface area contributed by atoms with Crippen LogP contribution < -0.4 is 10.2 Å². The predicted octanol–water partition coefficient (Wildman–Crippen LogP) is 6.35.